The molecule has 0 saturated carbocycles. The summed E-state index contributed by atoms with van der Waals surface area (Å²) in [4.78, 5) is 2.20. The van der Waals surface area contributed by atoms with E-state index in [0.717, 1.165) is 49.0 Å². The van der Waals surface area contributed by atoms with Gasteiger partial charge in [-0.15, -0.1) is 0 Å². The van der Waals surface area contributed by atoms with E-state index in [4.69, 9.17) is 5.73 Å². The van der Waals surface area contributed by atoms with Crippen molar-refractivity contribution in [3.8, 4) is 0 Å². The van der Waals surface area contributed by atoms with Crippen LogP contribution in [0.4, 0.5) is 10.1 Å². The van der Waals surface area contributed by atoms with Crippen molar-refractivity contribution in [1.29, 1.82) is 0 Å². The topological polar surface area (TPSA) is 29.3 Å². The van der Waals surface area contributed by atoms with Crippen LogP contribution in [0.25, 0.3) is 0 Å². The minimum Gasteiger partial charge on any atom is -0.369 e. The highest BCUT2D eigenvalue weighted by Crippen LogP contribution is 2.29. The fourth-order valence-corrected chi connectivity index (χ4v) is 3.09. The van der Waals surface area contributed by atoms with E-state index in [0.29, 0.717) is 0 Å². The lowest BCUT2D eigenvalue weighted by molar-refractivity contribution is 0.351. The molecule has 1 aromatic carbocycles. The average molecular weight is 278 g/mol. The van der Waals surface area contributed by atoms with Gasteiger partial charge < -0.3 is 10.6 Å². The van der Waals surface area contributed by atoms with Gasteiger partial charge in [-0.05, 0) is 55.7 Å². The maximum absolute atomic E-state index is 14.3. The Kier molecular flexibility index (Phi) is 5.03. The molecule has 2 rings (SSSR count). The first-order valence-electron chi connectivity index (χ1n) is 7.79. The van der Waals surface area contributed by atoms with Gasteiger partial charge in [-0.25, -0.2) is 4.39 Å². The Bertz CT molecular complexity index is 443. The Balaban J connectivity index is 2.12. The molecule has 3 heteroatoms. The highest BCUT2D eigenvalue weighted by molar-refractivity contribution is 5.49. The summed E-state index contributed by atoms with van der Waals surface area (Å²) in [5, 5.41) is 0. The maximum atomic E-state index is 14.3. The molecule has 0 amide bonds. The standard InChI is InChI=1S/C17H27FN2/c1-12(2)14-5-4-9-20(10-8-14)17-7-6-15(13(3)19)11-16(17)18/h6-7,11-14H,4-5,8-10,19H2,1-3H3/t13-,14?/m1/s1. The summed E-state index contributed by atoms with van der Waals surface area (Å²) in [7, 11) is 0. The van der Waals surface area contributed by atoms with Crippen LogP contribution in [0.3, 0.4) is 0 Å². The van der Waals surface area contributed by atoms with Crippen LogP contribution in [-0.4, -0.2) is 13.1 Å². The first-order chi connectivity index (χ1) is 9.49. The number of nitrogens with two attached hydrogens (primary N) is 1. The zero-order chi connectivity index (χ0) is 14.7. The molecule has 0 aromatic heterocycles. The van der Waals surface area contributed by atoms with Crippen LogP contribution >= 0.6 is 0 Å². The largest absolute Gasteiger partial charge is 0.369 e. The van der Waals surface area contributed by atoms with Gasteiger partial charge in [0.05, 0.1) is 5.69 Å². The molecular weight excluding hydrogens is 251 g/mol. The predicted octanol–water partition coefficient (Wildman–Crippen LogP) is 4.11. The van der Waals surface area contributed by atoms with E-state index in [9.17, 15) is 4.39 Å². The van der Waals surface area contributed by atoms with E-state index in [1.165, 1.54) is 6.42 Å². The first kappa shape index (κ1) is 15.3. The van der Waals surface area contributed by atoms with E-state index in [-0.39, 0.29) is 11.9 Å². The van der Waals surface area contributed by atoms with Gasteiger partial charge in [-0.1, -0.05) is 19.9 Å². The highest BCUT2D eigenvalue weighted by atomic mass is 19.1. The number of hydrogen-bond donors (Lipinski definition) is 1. The molecule has 2 nitrogen and oxygen atoms in total. The van der Waals surface area contributed by atoms with Gasteiger partial charge in [0.1, 0.15) is 5.82 Å². The lowest BCUT2D eigenvalue weighted by atomic mass is 9.89. The first-order valence-corrected chi connectivity index (χ1v) is 7.79. The summed E-state index contributed by atoms with van der Waals surface area (Å²) < 4.78 is 14.3. The third-order valence-electron chi connectivity index (χ3n) is 4.55. The molecule has 1 aromatic rings. The zero-order valence-electron chi connectivity index (χ0n) is 12.9. The number of hydrogen-bond acceptors (Lipinski definition) is 2. The summed E-state index contributed by atoms with van der Waals surface area (Å²) in [6, 6.07) is 5.32. The monoisotopic (exact) mass is 278 g/mol. The summed E-state index contributed by atoms with van der Waals surface area (Å²) in [6.45, 7) is 8.37. The van der Waals surface area contributed by atoms with Crippen LogP contribution in [0, 0.1) is 17.7 Å². The Hall–Kier alpha value is -1.09. The molecule has 0 aliphatic carbocycles. The van der Waals surface area contributed by atoms with E-state index in [1.807, 2.05) is 19.1 Å². The molecule has 2 N–H and O–H groups in total. The summed E-state index contributed by atoms with van der Waals surface area (Å²) in [5.74, 6) is 1.36. The highest BCUT2D eigenvalue weighted by Gasteiger charge is 2.21. The van der Waals surface area contributed by atoms with Crippen molar-refractivity contribution in [3.63, 3.8) is 0 Å². The molecule has 1 aliphatic heterocycles. The Labute approximate surface area is 122 Å². The molecule has 112 valence electrons. The van der Waals surface area contributed by atoms with Crippen molar-refractivity contribution in [2.24, 2.45) is 17.6 Å². The fraction of sp³-hybridized carbons (Fsp3) is 0.647. The van der Waals surface area contributed by atoms with Gasteiger partial charge in [0.25, 0.3) is 0 Å². The van der Waals surface area contributed by atoms with E-state index in [2.05, 4.69) is 18.7 Å². The number of halogens is 1. The van der Waals surface area contributed by atoms with Gasteiger partial charge in [0.2, 0.25) is 0 Å². The number of anilines is 1. The Morgan fingerprint density at radius 1 is 1.20 bits per heavy atom. The minimum atomic E-state index is -0.136. The molecule has 0 spiro atoms. The maximum Gasteiger partial charge on any atom is 0.146 e. The SMILES string of the molecule is CC(C)C1CCCN(c2ccc([C@@H](C)N)cc2F)CC1. The van der Waals surface area contributed by atoms with Gasteiger partial charge in [0, 0.05) is 19.1 Å². The second-order valence-corrected chi connectivity index (χ2v) is 6.42. The van der Waals surface area contributed by atoms with Crippen LogP contribution in [0.2, 0.25) is 0 Å². The van der Waals surface area contributed by atoms with Gasteiger partial charge in [-0.2, -0.15) is 0 Å². The number of nitrogens with zero attached hydrogens (tertiary/aromatic N) is 1. The second-order valence-electron chi connectivity index (χ2n) is 6.42. The van der Waals surface area contributed by atoms with Crippen LogP contribution in [0.5, 0.6) is 0 Å². The average Bonchev–Trinajstić information content (AvgIpc) is 2.64. The van der Waals surface area contributed by atoms with E-state index in [1.54, 1.807) is 6.07 Å². The fourth-order valence-electron chi connectivity index (χ4n) is 3.09. The van der Waals surface area contributed by atoms with Gasteiger partial charge in [-0.3, -0.25) is 0 Å². The lowest BCUT2D eigenvalue weighted by Gasteiger charge is -2.24. The Morgan fingerprint density at radius 2 is 1.95 bits per heavy atom. The van der Waals surface area contributed by atoms with Crippen LogP contribution in [-0.2, 0) is 0 Å². The number of benzene rings is 1. The van der Waals surface area contributed by atoms with Crippen LogP contribution < -0.4 is 10.6 Å². The zero-order valence-corrected chi connectivity index (χ0v) is 12.9. The molecule has 1 saturated heterocycles. The van der Waals surface area contributed by atoms with Crippen molar-refractivity contribution < 1.29 is 4.39 Å². The molecule has 0 bridgehead atoms. The third-order valence-corrected chi connectivity index (χ3v) is 4.55. The van der Waals surface area contributed by atoms with Gasteiger partial charge >= 0.3 is 0 Å². The molecule has 1 heterocycles. The van der Waals surface area contributed by atoms with Crippen LogP contribution in [0.1, 0.15) is 51.6 Å². The molecule has 0 radical (unpaired) electrons. The second kappa shape index (κ2) is 6.57. The third kappa shape index (κ3) is 3.51. The van der Waals surface area contributed by atoms with Crippen molar-refractivity contribution in [3.05, 3.63) is 29.6 Å². The van der Waals surface area contributed by atoms with Gasteiger partial charge in [0.15, 0.2) is 0 Å². The molecule has 2 atom stereocenters. The van der Waals surface area contributed by atoms with Crippen LogP contribution in [0.15, 0.2) is 18.2 Å². The van der Waals surface area contributed by atoms with Crippen molar-refractivity contribution in [2.45, 2.75) is 46.1 Å². The minimum absolute atomic E-state index is 0.118. The summed E-state index contributed by atoms with van der Waals surface area (Å²) in [6.07, 6.45) is 3.57. The lowest BCUT2D eigenvalue weighted by Crippen LogP contribution is -2.25. The van der Waals surface area contributed by atoms with E-state index >= 15 is 0 Å². The molecule has 1 unspecified atom stereocenters. The molecule has 20 heavy (non-hydrogen) atoms. The number of rotatable bonds is 3. The molecule has 1 fully saturated rings. The molecule has 1 aliphatic rings. The van der Waals surface area contributed by atoms with Crippen molar-refractivity contribution >= 4 is 5.69 Å². The van der Waals surface area contributed by atoms with E-state index < -0.39 is 0 Å². The smallest absolute Gasteiger partial charge is 0.146 e. The molecular formula is C17H27FN2. The normalized spacial score (nSPS) is 21.9. The summed E-state index contributed by atoms with van der Waals surface area (Å²) >= 11 is 0. The quantitative estimate of drug-likeness (QED) is 0.901. The Morgan fingerprint density at radius 3 is 2.55 bits per heavy atom. The van der Waals surface area contributed by atoms with Crippen molar-refractivity contribution in [1.82, 2.24) is 0 Å². The summed E-state index contributed by atoms with van der Waals surface area (Å²) in [5.41, 5.74) is 7.40. The van der Waals surface area contributed by atoms with Crippen molar-refractivity contribution in [2.75, 3.05) is 18.0 Å². The predicted molar refractivity (Wildman–Crippen MR) is 83.4 cm³/mol.